The number of ether oxygens (including phenoxy) is 1. The number of aromatic nitrogens is 2. The van der Waals surface area contributed by atoms with Crippen LogP contribution < -0.4 is 10.3 Å². The van der Waals surface area contributed by atoms with Crippen molar-refractivity contribution in [3.8, 4) is 11.5 Å². The van der Waals surface area contributed by atoms with E-state index in [9.17, 15) is 18.0 Å². The standard InChI is InChI=1S/C11H6ClF3N2O2/c12-6-1-3-7(4-2-6)19-8-9(11(13,14)15)16-5-17-10(8)18/h1-5H,(H,16,17,18). The summed E-state index contributed by atoms with van der Waals surface area (Å²) in [4.78, 5) is 16.5. The minimum Gasteiger partial charge on any atom is -0.449 e. The van der Waals surface area contributed by atoms with E-state index in [1.807, 2.05) is 4.98 Å². The number of hydrogen-bond donors (Lipinski definition) is 1. The van der Waals surface area contributed by atoms with Gasteiger partial charge in [0.05, 0.1) is 6.33 Å². The fourth-order valence-electron chi connectivity index (χ4n) is 1.30. The molecular formula is C11H6ClF3N2O2. The van der Waals surface area contributed by atoms with Crippen LogP contribution in [0, 0.1) is 0 Å². The zero-order valence-corrected chi connectivity index (χ0v) is 9.92. The lowest BCUT2D eigenvalue weighted by molar-refractivity contribution is -0.142. The number of alkyl halides is 3. The van der Waals surface area contributed by atoms with Crippen molar-refractivity contribution in [2.75, 3.05) is 0 Å². The molecule has 8 heteroatoms. The Morgan fingerprint density at radius 2 is 1.84 bits per heavy atom. The second-order valence-electron chi connectivity index (χ2n) is 3.46. The first-order chi connectivity index (χ1) is 8.88. The minimum absolute atomic E-state index is 0.0494. The summed E-state index contributed by atoms with van der Waals surface area (Å²) in [5, 5.41) is 0.392. The predicted octanol–water partition coefficient (Wildman–Crippen LogP) is 3.23. The second kappa shape index (κ2) is 4.93. The summed E-state index contributed by atoms with van der Waals surface area (Å²) in [7, 11) is 0. The molecule has 0 bridgehead atoms. The molecule has 1 N–H and O–H groups in total. The van der Waals surface area contributed by atoms with Gasteiger partial charge in [0.15, 0.2) is 5.69 Å². The number of nitrogens with one attached hydrogen (secondary N) is 1. The van der Waals surface area contributed by atoms with E-state index in [0.29, 0.717) is 11.3 Å². The molecule has 1 aromatic carbocycles. The SMILES string of the molecule is O=c1[nH]cnc(C(F)(F)F)c1Oc1ccc(Cl)cc1. The van der Waals surface area contributed by atoms with E-state index in [1.54, 1.807) is 0 Å². The van der Waals surface area contributed by atoms with E-state index in [1.165, 1.54) is 24.3 Å². The van der Waals surface area contributed by atoms with Crippen molar-refractivity contribution >= 4 is 11.6 Å². The maximum absolute atomic E-state index is 12.7. The molecule has 1 aromatic heterocycles. The van der Waals surface area contributed by atoms with Crippen LogP contribution in [0.1, 0.15) is 5.69 Å². The number of benzene rings is 1. The van der Waals surface area contributed by atoms with Gasteiger partial charge < -0.3 is 9.72 Å². The van der Waals surface area contributed by atoms with Crippen molar-refractivity contribution in [3.63, 3.8) is 0 Å². The van der Waals surface area contributed by atoms with Crippen LogP contribution in [0.15, 0.2) is 35.4 Å². The van der Waals surface area contributed by atoms with E-state index in [0.717, 1.165) is 0 Å². The largest absolute Gasteiger partial charge is 0.449 e. The van der Waals surface area contributed by atoms with Gasteiger partial charge in [-0.1, -0.05) is 11.6 Å². The molecule has 0 saturated heterocycles. The van der Waals surface area contributed by atoms with Crippen LogP contribution >= 0.6 is 11.6 Å². The lowest BCUT2D eigenvalue weighted by atomic mass is 10.3. The van der Waals surface area contributed by atoms with Crippen LogP contribution in [-0.2, 0) is 6.18 Å². The Bertz CT molecular complexity index is 638. The highest BCUT2D eigenvalue weighted by Gasteiger charge is 2.38. The maximum Gasteiger partial charge on any atom is 0.437 e. The summed E-state index contributed by atoms with van der Waals surface area (Å²) < 4.78 is 43.0. The number of halogens is 4. The van der Waals surface area contributed by atoms with Gasteiger partial charge in [-0.05, 0) is 24.3 Å². The van der Waals surface area contributed by atoms with Crippen molar-refractivity contribution in [1.29, 1.82) is 0 Å². The quantitative estimate of drug-likeness (QED) is 0.924. The molecule has 0 unspecified atom stereocenters. The Hall–Kier alpha value is -2.02. The molecule has 0 aliphatic carbocycles. The van der Waals surface area contributed by atoms with E-state index in [2.05, 4.69) is 4.98 Å². The average molecular weight is 291 g/mol. The summed E-state index contributed by atoms with van der Waals surface area (Å²) in [6.45, 7) is 0. The summed E-state index contributed by atoms with van der Waals surface area (Å²) in [5.74, 6) is -0.856. The number of rotatable bonds is 2. The molecule has 0 amide bonds. The first kappa shape index (κ1) is 13.4. The number of hydrogen-bond acceptors (Lipinski definition) is 3. The van der Waals surface area contributed by atoms with Gasteiger partial charge in [0.25, 0.3) is 5.56 Å². The normalized spacial score (nSPS) is 11.4. The first-order valence-corrected chi connectivity index (χ1v) is 5.34. The van der Waals surface area contributed by atoms with E-state index in [4.69, 9.17) is 16.3 Å². The molecule has 19 heavy (non-hydrogen) atoms. The topological polar surface area (TPSA) is 55.0 Å². The first-order valence-electron chi connectivity index (χ1n) is 4.96. The van der Waals surface area contributed by atoms with Gasteiger partial charge in [-0.3, -0.25) is 4.79 Å². The van der Waals surface area contributed by atoms with Crippen molar-refractivity contribution in [2.24, 2.45) is 0 Å². The smallest absolute Gasteiger partial charge is 0.437 e. The van der Waals surface area contributed by atoms with Crippen molar-refractivity contribution in [1.82, 2.24) is 9.97 Å². The van der Waals surface area contributed by atoms with Crippen LogP contribution in [0.4, 0.5) is 13.2 Å². The van der Waals surface area contributed by atoms with Gasteiger partial charge in [-0.15, -0.1) is 0 Å². The Labute approximate surface area is 109 Å². The Balaban J connectivity index is 2.45. The summed E-state index contributed by atoms with van der Waals surface area (Å²) in [6, 6.07) is 5.53. The highest BCUT2D eigenvalue weighted by Crippen LogP contribution is 2.34. The molecule has 2 rings (SSSR count). The Kier molecular flexibility index (Phi) is 3.48. The molecule has 0 radical (unpaired) electrons. The Morgan fingerprint density at radius 1 is 1.21 bits per heavy atom. The second-order valence-corrected chi connectivity index (χ2v) is 3.90. The van der Waals surface area contributed by atoms with Crippen molar-refractivity contribution < 1.29 is 17.9 Å². The third-order valence-electron chi connectivity index (χ3n) is 2.11. The predicted molar refractivity (Wildman–Crippen MR) is 61.4 cm³/mol. The van der Waals surface area contributed by atoms with Crippen molar-refractivity contribution in [2.45, 2.75) is 6.18 Å². The highest BCUT2D eigenvalue weighted by atomic mass is 35.5. The maximum atomic E-state index is 12.7. The Morgan fingerprint density at radius 3 is 2.42 bits per heavy atom. The molecule has 2 aromatic rings. The van der Waals surface area contributed by atoms with Gasteiger partial charge in [-0.2, -0.15) is 13.2 Å². The molecule has 0 aliphatic heterocycles. The van der Waals surface area contributed by atoms with Crippen LogP contribution in [0.3, 0.4) is 0 Å². The zero-order valence-electron chi connectivity index (χ0n) is 9.16. The van der Waals surface area contributed by atoms with Crippen molar-refractivity contribution in [3.05, 3.63) is 51.7 Å². The molecule has 0 atom stereocenters. The fourth-order valence-corrected chi connectivity index (χ4v) is 1.43. The van der Waals surface area contributed by atoms with E-state index in [-0.39, 0.29) is 5.75 Å². The molecule has 0 aliphatic rings. The molecule has 0 spiro atoms. The number of nitrogens with zero attached hydrogens (tertiary/aromatic N) is 1. The van der Waals surface area contributed by atoms with Crippen LogP contribution in [0.25, 0.3) is 0 Å². The summed E-state index contributed by atoms with van der Waals surface area (Å²) in [6.07, 6.45) is -4.12. The molecule has 1 heterocycles. The summed E-state index contributed by atoms with van der Waals surface area (Å²) in [5.41, 5.74) is -2.40. The lowest BCUT2D eigenvalue weighted by Crippen LogP contribution is -2.18. The van der Waals surface area contributed by atoms with Gasteiger partial charge in [-0.25, -0.2) is 4.98 Å². The van der Waals surface area contributed by atoms with Crippen LogP contribution in [-0.4, -0.2) is 9.97 Å². The monoisotopic (exact) mass is 290 g/mol. The molecular weight excluding hydrogens is 285 g/mol. The zero-order chi connectivity index (χ0) is 14.0. The molecule has 4 nitrogen and oxygen atoms in total. The number of aromatic amines is 1. The van der Waals surface area contributed by atoms with Gasteiger partial charge >= 0.3 is 6.18 Å². The third-order valence-corrected chi connectivity index (χ3v) is 2.36. The van der Waals surface area contributed by atoms with Gasteiger partial charge in [0, 0.05) is 5.02 Å². The molecule has 0 fully saturated rings. The lowest BCUT2D eigenvalue weighted by Gasteiger charge is -2.11. The van der Waals surface area contributed by atoms with Gasteiger partial charge in [0.1, 0.15) is 5.75 Å². The van der Waals surface area contributed by atoms with E-state index >= 15 is 0 Å². The van der Waals surface area contributed by atoms with Crippen LogP contribution in [0.2, 0.25) is 5.02 Å². The van der Waals surface area contributed by atoms with E-state index < -0.39 is 23.2 Å². The fraction of sp³-hybridized carbons (Fsp3) is 0.0909. The minimum atomic E-state index is -4.78. The highest BCUT2D eigenvalue weighted by molar-refractivity contribution is 6.30. The summed E-state index contributed by atoms with van der Waals surface area (Å²) >= 11 is 5.63. The molecule has 0 saturated carbocycles. The average Bonchev–Trinajstić information content (AvgIpc) is 2.33. The molecule has 100 valence electrons. The van der Waals surface area contributed by atoms with Gasteiger partial charge in [0.2, 0.25) is 5.75 Å². The third kappa shape index (κ3) is 3.05. The number of H-pyrrole nitrogens is 1. The van der Waals surface area contributed by atoms with Crippen LogP contribution in [0.5, 0.6) is 11.5 Å².